The fraction of sp³-hybridized carbons (Fsp3) is 0.438. The first-order valence-electron chi connectivity index (χ1n) is 7.67. The second kappa shape index (κ2) is 6.00. The van der Waals surface area contributed by atoms with E-state index in [0.717, 1.165) is 30.0 Å². The van der Waals surface area contributed by atoms with Crippen LogP contribution in [0.25, 0.3) is 11.4 Å². The largest absolute Gasteiger partial charge is 0.337 e. The van der Waals surface area contributed by atoms with Crippen molar-refractivity contribution in [3.05, 3.63) is 30.2 Å². The molecular formula is C16H18N4O3S. The van der Waals surface area contributed by atoms with E-state index < -0.39 is 15.4 Å². The molecule has 1 aromatic heterocycles. The molecular weight excluding hydrogens is 328 g/mol. The molecule has 0 spiro atoms. The van der Waals surface area contributed by atoms with E-state index in [-0.39, 0.29) is 4.90 Å². The molecule has 1 fully saturated rings. The first-order chi connectivity index (χ1) is 11.4. The van der Waals surface area contributed by atoms with Crippen molar-refractivity contribution in [3.63, 3.8) is 0 Å². The first kappa shape index (κ1) is 16.6. The van der Waals surface area contributed by atoms with E-state index in [1.54, 1.807) is 12.1 Å². The van der Waals surface area contributed by atoms with Crippen molar-refractivity contribution in [1.82, 2.24) is 14.4 Å². The van der Waals surface area contributed by atoms with Gasteiger partial charge in [-0.2, -0.15) is 10.2 Å². The minimum Gasteiger partial charge on any atom is -0.337 e. The van der Waals surface area contributed by atoms with E-state index in [9.17, 15) is 13.7 Å². The van der Waals surface area contributed by atoms with Gasteiger partial charge in [-0.05, 0) is 37.1 Å². The topological polar surface area (TPSA) is 100 Å². The van der Waals surface area contributed by atoms with Crippen LogP contribution in [0.2, 0.25) is 0 Å². The minimum atomic E-state index is -3.47. The molecule has 1 heterocycles. The van der Waals surface area contributed by atoms with Crippen molar-refractivity contribution in [1.29, 1.82) is 5.26 Å². The van der Waals surface area contributed by atoms with Gasteiger partial charge in [0, 0.05) is 19.7 Å². The molecule has 3 rings (SSSR count). The van der Waals surface area contributed by atoms with E-state index in [4.69, 9.17) is 4.52 Å². The lowest BCUT2D eigenvalue weighted by Gasteiger charge is -2.13. The smallest absolute Gasteiger partial charge is 0.247 e. The van der Waals surface area contributed by atoms with Crippen molar-refractivity contribution in [2.24, 2.45) is 0 Å². The molecule has 0 bridgehead atoms. The molecule has 1 aliphatic rings. The zero-order valence-electron chi connectivity index (χ0n) is 13.6. The average molecular weight is 346 g/mol. The van der Waals surface area contributed by atoms with Crippen molar-refractivity contribution in [2.45, 2.75) is 36.0 Å². The van der Waals surface area contributed by atoms with Crippen LogP contribution in [0.3, 0.4) is 0 Å². The van der Waals surface area contributed by atoms with Crippen LogP contribution >= 0.6 is 0 Å². The van der Waals surface area contributed by atoms with Crippen molar-refractivity contribution < 1.29 is 12.9 Å². The van der Waals surface area contributed by atoms with E-state index >= 15 is 0 Å². The maximum Gasteiger partial charge on any atom is 0.247 e. The van der Waals surface area contributed by atoms with Crippen LogP contribution in [0.15, 0.2) is 33.7 Å². The first-order valence-corrected chi connectivity index (χ1v) is 9.11. The van der Waals surface area contributed by atoms with Gasteiger partial charge in [0.05, 0.1) is 11.0 Å². The molecule has 0 N–H and O–H groups in total. The molecule has 126 valence electrons. The van der Waals surface area contributed by atoms with Crippen molar-refractivity contribution in [2.75, 3.05) is 14.1 Å². The standard InChI is InChI=1S/C16H18N4O3S/c1-20(2)24(21,22)13-7-5-12(6-8-13)14-18-15(23-19-14)16(11-17)9-3-4-10-16/h5-8H,3-4,9-10H2,1-2H3. The molecule has 7 nitrogen and oxygen atoms in total. The van der Waals surface area contributed by atoms with Crippen molar-refractivity contribution in [3.8, 4) is 17.5 Å². The predicted molar refractivity (Wildman–Crippen MR) is 86.4 cm³/mol. The van der Waals surface area contributed by atoms with Gasteiger partial charge in [-0.1, -0.05) is 18.0 Å². The summed E-state index contributed by atoms with van der Waals surface area (Å²) < 4.78 is 30.6. The van der Waals surface area contributed by atoms with Gasteiger partial charge in [0.2, 0.25) is 21.7 Å². The average Bonchev–Trinajstić information content (AvgIpc) is 3.25. The van der Waals surface area contributed by atoms with E-state index in [1.165, 1.54) is 26.2 Å². The molecule has 1 saturated carbocycles. The van der Waals surface area contributed by atoms with Gasteiger partial charge in [-0.15, -0.1) is 0 Å². The molecule has 1 aromatic carbocycles. The number of hydrogen-bond donors (Lipinski definition) is 0. The van der Waals surface area contributed by atoms with Crippen LogP contribution in [0, 0.1) is 11.3 Å². The molecule has 2 aromatic rings. The molecule has 0 atom stereocenters. The van der Waals surface area contributed by atoms with Crippen LogP contribution in [0.4, 0.5) is 0 Å². The highest BCUT2D eigenvalue weighted by Crippen LogP contribution is 2.40. The lowest BCUT2D eigenvalue weighted by molar-refractivity contribution is 0.321. The van der Waals surface area contributed by atoms with Crippen LogP contribution < -0.4 is 0 Å². The molecule has 8 heteroatoms. The summed E-state index contributed by atoms with van der Waals surface area (Å²) in [5.41, 5.74) is -0.0341. The number of nitrogens with zero attached hydrogens (tertiary/aromatic N) is 4. The quantitative estimate of drug-likeness (QED) is 0.842. The summed E-state index contributed by atoms with van der Waals surface area (Å²) in [4.78, 5) is 4.57. The maximum absolute atomic E-state index is 12.1. The highest BCUT2D eigenvalue weighted by Gasteiger charge is 2.41. The Morgan fingerprint density at radius 2 is 1.83 bits per heavy atom. The number of rotatable bonds is 4. The molecule has 0 unspecified atom stereocenters. The van der Waals surface area contributed by atoms with Crippen LogP contribution in [-0.2, 0) is 15.4 Å². The molecule has 1 aliphatic carbocycles. The highest BCUT2D eigenvalue weighted by molar-refractivity contribution is 7.89. The number of aromatic nitrogens is 2. The number of nitriles is 1. The van der Waals surface area contributed by atoms with Crippen LogP contribution in [0.5, 0.6) is 0 Å². The van der Waals surface area contributed by atoms with Gasteiger partial charge < -0.3 is 4.52 Å². The highest BCUT2D eigenvalue weighted by atomic mass is 32.2. The Kier molecular flexibility index (Phi) is 4.15. The summed E-state index contributed by atoms with van der Waals surface area (Å²) in [6.07, 6.45) is 3.40. The Morgan fingerprint density at radius 1 is 1.21 bits per heavy atom. The van der Waals surface area contributed by atoms with E-state index in [1.807, 2.05) is 0 Å². The summed E-state index contributed by atoms with van der Waals surface area (Å²) in [5.74, 6) is 0.711. The Labute approximate surface area is 141 Å². The Hall–Kier alpha value is -2.24. The van der Waals surface area contributed by atoms with Crippen molar-refractivity contribution >= 4 is 10.0 Å². The molecule has 0 radical (unpaired) electrons. The SMILES string of the molecule is CN(C)S(=O)(=O)c1ccc(-c2noc(C3(C#N)CCCC3)n2)cc1. The predicted octanol–water partition coefficient (Wildman–Crippen LogP) is 2.32. The lowest BCUT2D eigenvalue weighted by Crippen LogP contribution is -2.22. The van der Waals surface area contributed by atoms with E-state index in [0.29, 0.717) is 17.3 Å². The summed E-state index contributed by atoms with van der Waals surface area (Å²) >= 11 is 0. The van der Waals surface area contributed by atoms with Gasteiger partial charge in [0.15, 0.2) is 0 Å². The van der Waals surface area contributed by atoms with Crippen LogP contribution in [-0.4, -0.2) is 37.0 Å². The Morgan fingerprint density at radius 3 is 2.38 bits per heavy atom. The monoisotopic (exact) mass is 346 g/mol. The zero-order chi connectivity index (χ0) is 17.4. The van der Waals surface area contributed by atoms with E-state index in [2.05, 4.69) is 16.2 Å². The number of benzene rings is 1. The zero-order valence-corrected chi connectivity index (χ0v) is 14.4. The van der Waals surface area contributed by atoms with Gasteiger partial charge >= 0.3 is 0 Å². The van der Waals surface area contributed by atoms with Gasteiger partial charge in [-0.3, -0.25) is 0 Å². The number of sulfonamides is 1. The third kappa shape index (κ3) is 2.70. The van der Waals surface area contributed by atoms with Crippen LogP contribution in [0.1, 0.15) is 31.6 Å². The summed E-state index contributed by atoms with van der Waals surface area (Å²) in [6.45, 7) is 0. The van der Waals surface area contributed by atoms with Gasteiger partial charge in [-0.25, -0.2) is 12.7 Å². The minimum absolute atomic E-state index is 0.198. The fourth-order valence-electron chi connectivity index (χ4n) is 2.87. The third-order valence-electron chi connectivity index (χ3n) is 4.40. The van der Waals surface area contributed by atoms with Gasteiger partial charge in [0.25, 0.3) is 0 Å². The summed E-state index contributed by atoms with van der Waals surface area (Å²) in [5, 5.41) is 13.4. The lowest BCUT2D eigenvalue weighted by atomic mass is 9.88. The Balaban J connectivity index is 1.90. The number of hydrogen-bond acceptors (Lipinski definition) is 6. The second-order valence-electron chi connectivity index (χ2n) is 6.14. The Bertz CT molecular complexity index is 873. The fourth-order valence-corrected chi connectivity index (χ4v) is 3.78. The maximum atomic E-state index is 12.1. The third-order valence-corrected chi connectivity index (χ3v) is 6.23. The second-order valence-corrected chi connectivity index (χ2v) is 8.29. The molecule has 24 heavy (non-hydrogen) atoms. The molecule has 0 aliphatic heterocycles. The summed E-state index contributed by atoms with van der Waals surface area (Å²) in [6, 6.07) is 8.61. The summed E-state index contributed by atoms with van der Waals surface area (Å²) in [7, 11) is -0.504. The van der Waals surface area contributed by atoms with Gasteiger partial charge in [0.1, 0.15) is 5.41 Å². The molecule has 0 amide bonds. The normalized spacial score (nSPS) is 17.1. The molecule has 0 saturated heterocycles.